The quantitative estimate of drug-likeness (QED) is 0.867. The molecule has 3 atom stereocenters. The van der Waals surface area contributed by atoms with Crippen LogP contribution in [0.25, 0.3) is 0 Å². The van der Waals surface area contributed by atoms with Crippen molar-refractivity contribution < 1.29 is 8.78 Å². The average Bonchev–Trinajstić information content (AvgIpc) is 2.98. The Morgan fingerprint density at radius 1 is 1.22 bits per heavy atom. The maximum Gasteiger partial charge on any atom is 0.162 e. The summed E-state index contributed by atoms with van der Waals surface area (Å²) in [6, 6.07) is 4.73. The van der Waals surface area contributed by atoms with E-state index < -0.39 is 11.6 Å². The number of fused-ring (bicyclic) bond motifs is 1. The second kappa shape index (κ2) is 4.61. The zero-order valence-electron chi connectivity index (χ0n) is 10.6. The Kier molecular flexibility index (Phi) is 3.10. The summed E-state index contributed by atoms with van der Waals surface area (Å²) in [7, 11) is 1.92. The Balaban J connectivity index is 1.71. The molecule has 3 heteroatoms. The molecule has 0 aromatic heterocycles. The lowest BCUT2D eigenvalue weighted by Crippen LogP contribution is -2.35. The number of nitrogens with one attached hydrogen (secondary N) is 1. The molecule has 98 valence electrons. The van der Waals surface area contributed by atoms with Crippen LogP contribution in [0.3, 0.4) is 0 Å². The van der Waals surface area contributed by atoms with Gasteiger partial charge >= 0.3 is 0 Å². The van der Waals surface area contributed by atoms with Crippen LogP contribution in [0.2, 0.25) is 0 Å². The van der Waals surface area contributed by atoms with Crippen LogP contribution in [-0.2, 0) is 6.42 Å². The molecule has 0 heterocycles. The van der Waals surface area contributed by atoms with Gasteiger partial charge in [0.1, 0.15) is 0 Å². The Morgan fingerprint density at radius 2 is 1.94 bits per heavy atom. The lowest BCUT2D eigenvalue weighted by molar-refractivity contribution is 0.344. The monoisotopic (exact) mass is 251 g/mol. The molecular weight excluding hydrogens is 232 g/mol. The number of hydrogen-bond acceptors (Lipinski definition) is 1. The van der Waals surface area contributed by atoms with Gasteiger partial charge in [0.2, 0.25) is 0 Å². The maximum atomic E-state index is 13.7. The molecule has 1 aromatic carbocycles. The molecule has 3 unspecified atom stereocenters. The van der Waals surface area contributed by atoms with E-state index in [0.29, 0.717) is 17.9 Å². The molecule has 0 spiro atoms. The van der Waals surface area contributed by atoms with Gasteiger partial charge in [0.25, 0.3) is 0 Å². The molecule has 1 nitrogen and oxygen atoms in total. The van der Waals surface area contributed by atoms with Crippen LogP contribution in [0, 0.1) is 29.4 Å². The number of hydrogen-bond donors (Lipinski definition) is 1. The fourth-order valence-corrected chi connectivity index (χ4v) is 3.54. The summed E-state index contributed by atoms with van der Waals surface area (Å²) in [5.41, 5.74) is 0.495. The van der Waals surface area contributed by atoms with E-state index in [9.17, 15) is 8.78 Å². The first-order valence-corrected chi connectivity index (χ1v) is 6.79. The maximum absolute atomic E-state index is 13.7. The Hall–Kier alpha value is -0.960. The first-order valence-electron chi connectivity index (χ1n) is 6.79. The zero-order valence-corrected chi connectivity index (χ0v) is 10.6. The minimum Gasteiger partial charge on any atom is -0.316 e. The van der Waals surface area contributed by atoms with E-state index in [1.165, 1.54) is 25.3 Å². The van der Waals surface area contributed by atoms with Crippen molar-refractivity contribution >= 4 is 0 Å². The first-order chi connectivity index (χ1) is 8.69. The number of benzene rings is 1. The molecule has 0 bridgehead atoms. The van der Waals surface area contributed by atoms with Crippen LogP contribution in [0.4, 0.5) is 8.78 Å². The minimum absolute atomic E-state index is 0.272. The van der Waals surface area contributed by atoms with E-state index in [0.717, 1.165) is 11.8 Å². The van der Waals surface area contributed by atoms with Crippen molar-refractivity contribution in [1.82, 2.24) is 5.32 Å². The SMILES string of the molecule is CNC(Cc1cccc(F)c1F)C1CC2CC2C1. The minimum atomic E-state index is -0.739. The lowest BCUT2D eigenvalue weighted by Gasteiger charge is -2.24. The van der Waals surface area contributed by atoms with Crippen molar-refractivity contribution in [2.24, 2.45) is 17.8 Å². The van der Waals surface area contributed by atoms with Crippen LogP contribution in [-0.4, -0.2) is 13.1 Å². The van der Waals surface area contributed by atoms with E-state index in [2.05, 4.69) is 5.32 Å². The van der Waals surface area contributed by atoms with Crippen LogP contribution in [0.1, 0.15) is 24.8 Å². The summed E-state index contributed by atoms with van der Waals surface area (Å²) >= 11 is 0. The number of likely N-dealkylation sites (N-methyl/N-ethyl adjacent to an activating group) is 1. The highest BCUT2D eigenvalue weighted by atomic mass is 19.2. The van der Waals surface area contributed by atoms with Crippen LogP contribution < -0.4 is 5.32 Å². The smallest absolute Gasteiger partial charge is 0.162 e. The van der Waals surface area contributed by atoms with Crippen LogP contribution in [0.5, 0.6) is 0 Å². The molecule has 2 aliphatic rings. The Morgan fingerprint density at radius 3 is 2.61 bits per heavy atom. The van der Waals surface area contributed by atoms with Gasteiger partial charge in [0, 0.05) is 6.04 Å². The molecule has 3 rings (SSSR count). The van der Waals surface area contributed by atoms with Crippen LogP contribution >= 0.6 is 0 Å². The van der Waals surface area contributed by atoms with E-state index in [1.54, 1.807) is 12.1 Å². The van der Waals surface area contributed by atoms with E-state index >= 15 is 0 Å². The van der Waals surface area contributed by atoms with Crippen molar-refractivity contribution in [2.45, 2.75) is 31.7 Å². The van der Waals surface area contributed by atoms with Gasteiger partial charge in [0.15, 0.2) is 11.6 Å². The summed E-state index contributed by atoms with van der Waals surface area (Å²) in [4.78, 5) is 0. The predicted octanol–water partition coefficient (Wildman–Crippen LogP) is 3.14. The highest BCUT2D eigenvalue weighted by Gasteiger charge is 2.47. The van der Waals surface area contributed by atoms with Gasteiger partial charge in [0.05, 0.1) is 0 Å². The van der Waals surface area contributed by atoms with E-state index in [-0.39, 0.29) is 6.04 Å². The standard InChI is InChI=1S/C15H19F2N/c1-18-14(12-6-10-5-11(10)7-12)8-9-3-2-4-13(16)15(9)17/h2-4,10-12,14,18H,5-8H2,1H3. The lowest BCUT2D eigenvalue weighted by atomic mass is 9.89. The van der Waals surface area contributed by atoms with Gasteiger partial charge in [-0.15, -0.1) is 0 Å². The van der Waals surface area contributed by atoms with Crippen molar-refractivity contribution in [3.05, 3.63) is 35.4 Å². The third-order valence-electron chi connectivity index (χ3n) is 4.69. The van der Waals surface area contributed by atoms with Gasteiger partial charge in [-0.25, -0.2) is 8.78 Å². The third-order valence-corrected chi connectivity index (χ3v) is 4.69. The normalized spacial score (nSPS) is 31.2. The van der Waals surface area contributed by atoms with Crippen molar-refractivity contribution in [3.8, 4) is 0 Å². The van der Waals surface area contributed by atoms with Gasteiger partial charge in [-0.1, -0.05) is 12.1 Å². The predicted molar refractivity (Wildman–Crippen MR) is 67.2 cm³/mol. The van der Waals surface area contributed by atoms with Gasteiger partial charge in [-0.3, -0.25) is 0 Å². The summed E-state index contributed by atoms with van der Waals surface area (Å²) in [6.45, 7) is 0. The first kappa shape index (κ1) is 12.1. The highest BCUT2D eigenvalue weighted by Crippen LogP contribution is 2.55. The van der Waals surface area contributed by atoms with Crippen LogP contribution in [0.15, 0.2) is 18.2 Å². The zero-order chi connectivity index (χ0) is 12.7. The van der Waals surface area contributed by atoms with Crippen molar-refractivity contribution in [3.63, 3.8) is 0 Å². The van der Waals surface area contributed by atoms with Gasteiger partial charge < -0.3 is 5.32 Å². The summed E-state index contributed by atoms with van der Waals surface area (Å²) < 4.78 is 26.9. The molecule has 2 saturated carbocycles. The molecular formula is C15H19F2N. The fourth-order valence-electron chi connectivity index (χ4n) is 3.54. The number of halogens is 2. The van der Waals surface area contributed by atoms with Crippen molar-refractivity contribution in [2.75, 3.05) is 7.05 Å². The molecule has 18 heavy (non-hydrogen) atoms. The highest BCUT2D eigenvalue weighted by molar-refractivity contribution is 5.20. The average molecular weight is 251 g/mol. The topological polar surface area (TPSA) is 12.0 Å². The van der Waals surface area contributed by atoms with E-state index in [1.807, 2.05) is 7.05 Å². The Bertz CT molecular complexity index is 436. The molecule has 2 fully saturated rings. The molecule has 0 radical (unpaired) electrons. The molecule has 0 saturated heterocycles. The summed E-state index contributed by atoms with van der Waals surface area (Å²) in [5, 5.41) is 3.29. The molecule has 1 N–H and O–H groups in total. The fraction of sp³-hybridized carbons (Fsp3) is 0.600. The summed E-state index contributed by atoms with van der Waals surface area (Å²) in [6.07, 6.45) is 4.49. The van der Waals surface area contributed by atoms with Gasteiger partial charge in [-0.05, 0) is 62.1 Å². The second-order valence-electron chi connectivity index (χ2n) is 5.80. The largest absolute Gasteiger partial charge is 0.316 e. The second-order valence-corrected chi connectivity index (χ2v) is 5.80. The molecule has 2 aliphatic carbocycles. The third kappa shape index (κ3) is 2.16. The van der Waals surface area contributed by atoms with Gasteiger partial charge in [-0.2, -0.15) is 0 Å². The molecule has 0 amide bonds. The van der Waals surface area contributed by atoms with E-state index in [4.69, 9.17) is 0 Å². The molecule has 1 aromatic rings. The summed E-state index contributed by atoms with van der Waals surface area (Å²) in [5.74, 6) is 1.05. The van der Waals surface area contributed by atoms with Crippen molar-refractivity contribution in [1.29, 1.82) is 0 Å². The number of rotatable bonds is 4. The molecule has 0 aliphatic heterocycles. The Labute approximate surface area is 107 Å².